The van der Waals surface area contributed by atoms with Crippen molar-refractivity contribution in [1.82, 2.24) is 10.2 Å². The zero-order valence-corrected chi connectivity index (χ0v) is 11.2. The maximum absolute atomic E-state index is 8.98. The van der Waals surface area contributed by atoms with Crippen LogP contribution in [0.15, 0.2) is 29.8 Å². The lowest BCUT2D eigenvalue weighted by atomic mass is 9.91. The summed E-state index contributed by atoms with van der Waals surface area (Å²) in [5.41, 5.74) is 0.519. The Hall–Kier alpha value is -1.93. The van der Waals surface area contributed by atoms with E-state index in [0.29, 0.717) is 17.9 Å². The summed E-state index contributed by atoms with van der Waals surface area (Å²) in [5.74, 6) is 0.546. The van der Waals surface area contributed by atoms with Crippen molar-refractivity contribution in [3.8, 4) is 6.07 Å². The highest BCUT2D eigenvalue weighted by Gasteiger charge is 2.22. The van der Waals surface area contributed by atoms with Crippen LogP contribution in [0.3, 0.4) is 0 Å². The smallest absolute Gasteiger partial charge is 0.166 e. The van der Waals surface area contributed by atoms with Gasteiger partial charge in [-0.1, -0.05) is 19.9 Å². The molecule has 1 N–H and O–H groups in total. The summed E-state index contributed by atoms with van der Waals surface area (Å²) in [6.45, 7) is 5.03. The lowest BCUT2D eigenvalue weighted by Crippen LogP contribution is -2.27. The minimum absolute atomic E-state index is 0.00157. The molecule has 0 saturated heterocycles. The third-order valence-corrected chi connectivity index (χ3v) is 3.96. The zero-order valence-electron chi connectivity index (χ0n) is 10.3. The first kappa shape index (κ1) is 12.5. The van der Waals surface area contributed by atoms with Crippen molar-refractivity contribution in [3.05, 3.63) is 40.2 Å². The summed E-state index contributed by atoms with van der Waals surface area (Å²) in [5, 5.41) is 22.0. The zero-order chi connectivity index (χ0) is 13.0. The van der Waals surface area contributed by atoms with Gasteiger partial charge in [0.15, 0.2) is 5.82 Å². The minimum Gasteiger partial charge on any atom is -0.367 e. The van der Waals surface area contributed by atoms with E-state index in [1.54, 1.807) is 17.4 Å². The molecule has 0 atom stereocenters. The second-order valence-corrected chi connectivity index (χ2v) is 5.57. The molecule has 0 aliphatic carbocycles. The van der Waals surface area contributed by atoms with E-state index >= 15 is 0 Å². The van der Waals surface area contributed by atoms with E-state index in [-0.39, 0.29) is 5.41 Å². The molecule has 0 aromatic carbocycles. The number of thiophene rings is 1. The molecule has 2 aromatic rings. The number of rotatable bonds is 4. The molecule has 92 valence electrons. The topological polar surface area (TPSA) is 61.6 Å². The third kappa shape index (κ3) is 2.66. The summed E-state index contributed by atoms with van der Waals surface area (Å²) < 4.78 is 0. The van der Waals surface area contributed by atoms with Gasteiger partial charge in [-0.2, -0.15) is 10.4 Å². The molecule has 0 aliphatic rings. The second kappa shape index (κ2) is 5.15. The Kier molecular flexibility index (Phi) is 3.58. The van der Waals surface area contributed by atoms with Crippen molar-refractivity contribution in [3.63, 3.8) is 0 Å². The highest BCUT2D eigenvalue weighted by molar-refractivity contribution is 7.10. The van der Waals surface area contributed by atoms with Crippen LogP contribution in [0.4, 0.5) is 5.82 Å². The van der Waals surface area contributed by atoms with E-state index < -0.39 is 0 Å². The van der Waals surface area contributed by atoms with E-state index in [9.17, 15) is 0 Å². The fraction of sp³-hybridized carbons (Fsp3) is 0.308. The van der Waals surface area contributed by atoms with E-state index in [1.807, 2.05) is 6.07 Å². The molecule has 0 bridgehead atoms. The van der Waals surface area contributed by atoms with E-state index in [1.165, 1.54) is 11.1 Å². The summed E-state index contributed by atoms with van der Waals surface area (Å²) in [7, 11) is 0. The molecule has 0 radical (unpaired) electrons. The highest BCUT2D eigenvalue weighted by atomic mass is 32.1. The SMILES string of the molecule is CC(C)(CNc1nnccc1C#N)c1cccs1. The number of hydrogen-bond acceptors (Lipinski definition) is 5. The second-order valence-electron chi connectivity index (χ2n) is 4.62. The quantitative estimate of drug-likeness (QED) is 0.916. The summed E-state index contributed by atoms with van der Waals surface area (Å²) >= 11 is 1.73. The van der Waals surface area contributed by atoms with Gasteiger partial charge in [-0.15, -0.1) is 16.4 Å². The van der Waals surface area contributed by atoms with Crippen LogP contribution in [0.1, 0.15) is 24.3 Å². The summed E-state index contributed by atoms with van der Waals surface area (Å²) in [6.07, 6.45) is 1.52. The first-order valence-corrected chi connectivity index (χ1v) is 6.51. The lowest BCUT2D eigenvalue weighted by Gasteiger charge is -2.23. The molecule has 0 saturated carbocycles. The average molecular weight is 258 g/mol. The van der Waals surface area contributed by atoms with Gasteiger partial charge in [0.05, 0.1) is 11.8 Å². The van der Waals surface area contributed by atoms with Crippen molar-refractivity contribution < 1.29 is 0 Å². The lowest BCUT2D eigenvalue weighted by molar-refractivity contribution is 0.567. The summed E-state index contributed by atoms with van der Waals surface area (Å²) in [4.78, 5) is 1.30. The van der Waals surface area contributed by atoms with Crippen LogP contribution < -0.4 is 5.32 Å². The van der Waals surface area contributed by atoms with Gasteiger partial charge in [-0.05, 0) is 17.5 Å². The van der Waals surface area contributed by atoms with Crippen LogP contribution in [-0.4, -0.2) is 16.7 Å². The van der Waals surface area contributed by atoms with Gasteiger partial charge in [0.1, 0.15) is 6.07 Å². The maximum Gasteiger partial charge on any atom is 0.166 e. The Morgan fingerprint density at radius 2 is 2.28 bits per heavy atom. The number of nitrogens with zero attached hydrogens (tertiary/aromatic N) is 3. The number of anilines is 1. The highest BCUT2D eigenvalue weighted by Crippen LogP contribution is 2.27. The van der Waals surface area contributed by atoms with E-state index in [0.717, 1.165) is 0 Å². The Morgan fingerprint density at radius 1 is 1.44 bits per heavy atom. The van der Waals surface area contributed by atoms with Crippen molar-refractivity contribution in [1.29, 1.82) is 5.26 Å². The van der Waals surface area contributed by atoms with Crippen molar-refractivity contribution in [2.75, 3.05) is 11.9 Å². The van der Waals surface area contributed by atoms with Crippen LogP contribution >= 0.6 is 11.3 Å². The predicted octanol–water partition coefficient (Wildman–Crippen LogP) is 2.80. The first-order valence-electron chi connectivity index (χ1n) is 5.63. The molecule has 0 unspecified atom stereocenters. The monoisotopic (exact) mass is 258 g/mol. The molecule has 18 heavy (non-hydrogen) atoms. The largest absolute Gasteiger partial charge is 0.367 e. The standard InChI is InChI=1S/C13H14N4S/c1-13(2,11-4-3-7-18-11)9-15-12-10(8-14)5-6-16-17-12/h3-7H,9H2,1-2H3,(H,15,17). The number of aromatic nitrogens is 2. The van der Waals surface area contributed by atoms with Crippen LogP contribution in [0.2, 0.25) is 0 Å². The summed E-state index contributed by atoms with van der Waals surface area (Å²) in [6, 6.07) is 7.93. The minimum atomic E-state index is -0.00157. The van der Waals surface area contributed by atoms with Crippen molar-refractivity contribution in [2.45, 2.75) is 19.3 Å². The van der Waals surface area contributed by atoms with Gasteiger partial charge in [-0.3, -0.25) is 0 Å². The molecule has 4 nitrogen and oxygen atoms in total. The molecule has 0 spiro atoms. The van der Waals surface area contributed by atoms with Gasteiger partial charge >= 0.3 is 0 Å². The molecule has 2 rings (SSSR count). The maximum atomic E-state index is 8.98. The molecule has 0 fully saturated rings. The fourth-order valence-corrected chi connectivity index (χ4v) is 2.46. The molecule has 2 heterocycles. The van der Waals surface area contributed by atoms with E-state index in [2.05, 4.69) is 46.9 Å². The Labute approximate surface area is 110 Å². The van der Waals surface area contributed by atoms with Crippen LogP contribution in [0, 0.1) is 11.3 Å². The molecule has 0 aliphatic heterocycles. The molecular weight excluding hydrogens is 244 g/mol. The van der Waals surface area contributed by atoms with Gasteiger partial charge in [0.2, 0.25) is 0 Å². The third-order valence-electron chi connectivity index (χ3n) is 2.73. The average Bonchev–Trinajstić information content (AvgIpc) is 2.91. The Morgan fingerprint density at radius 3 is 2.94 bits per heavy atom. The Balaban J connectivity index is 2.10. The fourth-order valence-electron chi connectivity index (χ4n) is 1.61. The van der Waals surface area contributed by atoms with Crippen molar-refractivity contribution in [2.24, 2.45) is 0 Å². The normalized spacial score (nSPS) is 10.9. The molecule has 0 amide bonds. The van der Waals surface area contributed by atoms with E-state index in [4.69, 9.17) is 5.26 Å². The molecular formula is C13H14N4S. The number of nitrogens with one attached hydrogen (secondary N) is 1. The molecule has 2 aromatic heterocycles. The predicted molar refractivity (Wildman–Crippen MR) is 72.6 cm³/mol. The molecule has 5 heteroatoms. The van der Waals surface area contributed by atoms with Gasteiger partial charge < -0.3 is 5.32 Å². The van der Waals surface area contributed by atoms with Gasteiger partial charge in [0, 0.05) is 16.8 Å². The number of hydrogen-bond donors (Lipinski definition) is 1. The van der Waals surface area contributed by atoms with Crippen LogP contribution in [0.25, 0.3) is 0 Å². The van der Waals surface area contributed by atoms with Gasteiger partial charge in [0.25, 0.3) is 0 Å². The van der Waals surface area contributed by atoms with Crippen molar-refractivity contribution >= 4 is 17.2 Å². The van der Waals surface area contributed by atoms with Crippen LogP contribution in [0.5, 0.6) is 0 Å². The number of nitriles is 1. The first-order chi connectivity index (χ1) is 8.63. The van der Waals surface area contributed by atoms with Crippen LogP contribution in [-0.2, 0) is 5.41 Å². The Bertz CT molecular complexity index is 555. The van der Waals surface area contributed by atoms with Gasteiger partial charge in [-0.25, -0.2) is 0 Å².